The molecule has 5 nitrogen and oxygen atoms in total. The highest BCUT2D eigenvalue weighted by Crippen LogP contribution is 2.22. The van der Waals surface area contributed by atoms with Crippen molar-refractivity contribution in [1.82, 2.24) is 14.7 Å². The molecule has 26 heavy (non-hydrogen) atoms. The zero-order valence-corrected chi connectivity index (χ0v) is 13.9. The Bertz CT molecular complexity index is 1080. The maximum absolute atomic E-state index is 13.2. The van der Waals surface area contributed by atoms with E-state index in [1.165, 1.54) is 34.3 Å². The van der Waals surface area contributed by atoms with E-state index in [1.54, 1.807) is 0 Å². The summed E-state index contributed by atoms with van der Waals surface area (Å²) in [7, 11) is 0. The van der Waals surface area contributed by atoms with Crippen LogP contribution in [0, 0.1) is 5.82 Å². The molecule has 2 N–H and O–H groups in total. The van der Waals surface area contributed by atoms with Gasteiger partial charge in [0.15, 0.2) is 0 Å². The summed E-state index contributed by atoms with van der Waals surface area (Å²) in [6.07, 6.45) is 2.81. The lowest BCUT2D eigenvalue weighted by molar-refractivity contribution is 0.0951. The van der Waals surface area contributed by atoms with Crippen LogP contribution >= 0.6 is 0 Å². The number of carbonyl (C=O) groups excluding carboxylic acids is 1. The third-order valence-electron chi connectivity index (χ3n) is 4.16. The number of carbonyl (C=O) groups is 1. The molecule has 0 spiro atoms. The van der Waals surface area contributed by atoms with Gasteiger partial charge in [-0.15, -0.1) is 0 Å². The number of benzene rings is 2. The van der Waals surface area contributed by atoms with E-state index in [4.69, 9.17) is 0 Å². The number of imidazole rings is 1. The minimum absolute atomic E-state index is 0.265. The molecule has 2 aromatic heterocycles. The van der Waals surface area contributed by atoms with Crippen molar-refractivity contribution in [3.05, 3.63) is 78.5 Å². The molecule has 0 radical (unpaired) electrons. The van der Waals surface area contributed by atoms with Crippen LogP contribution in [0.25, 0.3) is 16.4 Å². The van der Waals surface area contributed by atoms with Crippen molar-refractivity contribution in [2.75, 3.05) is 18.4 Å². The van der Waals surface area contributed by atoms with E-state index in [1.807, 2.05) is 24.3 Å². The Morgan fingerprint density at radius 3 is 2.77 bits per heavy atom. The standard InChI is InChI=1S/C20H17FN4O/c21-15-8-9-19-24-18(13-25(19)12-15)20(26)23-11-10-22-17-7-3-5-14-4-1-2-6-16(14)17/h1-9,12-13,22H,10-11H2,(H,23,26). The van der Waals surface area contributed by atoms with Crippen LogP contribution in [0.5, 0.6) is 0 Å². The van der Waals surface area contributed by atoms with Crippen molar-refractivity contribution < 1.29 is 9.18 Å². The van der Waals surface area contributed by atoms with Gasteiger partial charge in [0.25, 0.3) is 5.91 Å². The minimum atomic E-state index is -0.374. The smallest absolute Gasteiger partial charge is 0.271 e. The Labute approximate surface area is 149 Å². The van der Waals surface area contributed by atoms with Gasteiger partial charge in [-0.05, 0) is 23.6 Å². The molecule has 1 amide bonds. The third-order valence-corrected chi connectivity index (χ3v) is 4.16. The SMILES string of the molecule is O=C(NCCNc1cccc2ccccc12)c1cn2cc(F)ccc2n1. The van der Waals surface area contributed by atoms with E-state index in [0.29, 0.717) is 18.7 Å². The first-order valence-corrected chi connectivity index (χ1v) is 8.35. The van der Waals surface area contributed by atoms with Gasteiger partial charge >= 0.3 is 0 Å². The van der Waals surface area contributed by atoms with Gasteiger partial charge in [0.1, 0.15) is 17.2 Å². The number of amides is 1. The molecule has 0 aliphatic heterocycles. The molecule has 130 valence electrons. The summed E-state index contributed by atoms with van der Waals surface area (Å²) in [4.78, 5) is 16.4. The average molecular weight is 348 g/mol. The van der Waals surface area contributed by atoms with Gasteiger partial charge in [-0.2, -0.15) is 0 Å². The van der Waals surface area contributed by atoms with Gasteiger partial charge in [0.2, 0.25) is 0 Å². The third kappa shape index (κ3) is 3.21. The maximum Gasteiger partial charge on any atom is 0.271 e. The summed E-state index contributed by atoms with van der Waals surface area (Å²) in [5, 5.41) is 8.47. The summed E-state index contributed by atoms with van der Waals surface area (Å²) in [5.74, 6) is -0.657. The molecule has 0 bridgehead atoms. The first-order valence-electron chi connectivity index (χ1n) is 8.35. The highest BCUT2D eigenvalue weighted by molar-refractivity contribution is 5.94. The summed E-state index contributed by atoms with van der Waals surface area (Å²) < 4.78 is 14.7. The van der Waals surface area contributed by atoms with Crippen LogP contribution in [-0.4, -0.2) is 28.4 Å². The van der Waals surface area contributed by atoms with Gasteiger partial charge in [-0.25, -0.2) is 9.37 Å². The number of fused-ring (bicyclic) bond motifs is 2. The number of nitrogens with zero attached hydrogens (tertiary/aromatic N) is 2. The van der Waals surface area contributed by atoms with Gasteiger partial charge in [0, 0.05) is 36.6 Å². The lowest BCUT2D eigenvalue weighted by atomic mass is 10.1. The predicted molar refractivity (Wildman–Crippen MR) is 99.9 cm³/mol. The molecule has 0 saturated carbocycles. The molecular formula is C20H17FN4O. The average Bonchev–Trinajstić information content (AvgIpc) is 3.08. The van der Waals surface area contributed by atoms with Gasteiger partial charge < -0.3 is 15.0 Å². The number of anilines is 1. The zero-order chi connectivity index (χ0) is 17.9. The zero-order valence-electron chi connectivity index (χ0n) is 13.9. The number of aromatic nitrogens is 2. The molecule has 4 aromatic rings. The number of rotatable bonds is 5. The summed E-state index contributed by atoms with van der Waals surface area (Å²) in [5.41, 5.74) is 1.83. The van der Waals surface area contributed by atoms with Crippen molar-refractivity contribution in [3.63, 3.8) is 0 Å². The van der Waals surface area contributed by atoms with Crippen molar-refractivity contribution in [2.45, 2.75) is 0 Å². The number of halogens is 1. The summed E-state index contributed by atoms with van der Waals surface area (Å²) in [6, 6.07) is 17.1. The van der Waals surface area contributed by atoms with E-state index in [0.717, 1.165) is 11.1 Å². The predicted octanol–water partition coefficient (Wildman–Crippen LogP) is 3.47. The van der Waals surface area contributed by atoms with Crippen molar-refractivity contribution in [1.29, 1.82) is 0 Å². The van der Waals surface area contributed by atoms with E-state index in [-0.39, 0.29) is 17.4 Å². The van der Waals surface area contributed by atoms with Crippen LogP contribution < -0.4 is 10.6 Å². The van der Waals surface area contributed by atoms with E-state index in [2.05, 4.69) is 33.8 Å². The highest BCUT2D eigenvalue weighted by atomic mass is 19.1. The normalized spacial score (nSPS) is 11.0. The molecule has 0 fully saturated rings. The van der Waals surface area contributed by atoms with Crippen LogP contribution in [0.15, 0.2) is 67.0 Å². The van der Waals surface area contributed by atoms with Gasteiger partial charge in [0.05, 0.1) is 0 Å². The van der Waals surface area contributed by atoms with Crippen molar-refractivity contribution >= 4 is 28.0 Å². The van der Waals surface area contributed by atoms with E-state index in [9.17, 15) is 9.18 Å². The van der Waals surface area contributed by atoms with Crippen LogP contribution in [-0.2, 0) is 0 Å². The van der Waals surface area contributed by atoms with Crippen LogP contribution in [0.1, 0.15) is 10.5 Å². The lowest BCUT2D eigenvalue weighted by Crippen LogP contribution is -2.29. The fraction of sp³-hybridized carbons (Fsp3) is 0.100. The molecule has 0 saturated heterocycles. The number of hydrogen-bond acceptors (Lipinski definition) is 3. The fourth-order valence-corrected chi connectivity index (χ4v) is 2.92. The molecule has 4 rings (SSSR count). The molecule has 2 aromatic carbocycles. The van der Waals surface area contributed by atoms with E-state index < -0.39 is 0 Å². The molecule has 0 aliphatic rings. The summed E-state index contributed by atoms with van der Waals surface area (Å²) >= 11 is 0. The molecule has 0 atom stereocenters. The second kappa shape index (κ2) is 6.84. The maximum atomic E-state index is 13.2. The topological polar surface area (TPSA) is 58.4 Å². The van der Waals surface area contributed by atoms with Crippen LogP contribution in [0.3, 0.4) is 0 Å². The second-order valence-corrected chi connectivity index (χ2v) is 5.95. The molecular weight excluding hydrogens is 331 g/mol. The lowest BCUT2D eigenvalue weighted by Gasteiger charge is -2.10. The number of pyridine rings is 1. The quantitative estimate of drug-likeness (QED) is 0.543. The highest BCUT2D eigenvalue weighted by Gasteiger charge is 2.10. The van der Waals surface area contributed by atoms with Crippen LogP contribution in [0.4, 0.5) is 10.1 Å². The molecule has 0 aliphatic carbocycles. The van der Waals surface area contributed by atoms with Gasteiger partial charge in [-0.1, -0.05) is 36.4 Å². The Balaban J connectivity index is 1.37. The van der Waals surface area contributed by atoms with E-state index >= 15 is 0 Å². The van der Waals surface area contributed by atoms with Gasteiger partial charge in [-0.3, -0.25) is 4.79 Å². The second-order valence-electron chi connectivity index (χ2n) is 5.95. The van der Waals surface area contributed by atoms with Crippen molar-refractivity contribution in [3.8, 4) is 0 Å². The Kier molecular flexibility index (Phi) is 4.23. The van der Waals surface area contributed by atoms with Crippen molar-refractivity contribution in [2.24, 2.45) is 0 Å². The first kappa shape index (κ1) is 16.1. The largest absolute Gasteiger partial charge is 0.383 e. The minimum Gasteiger partial charge on any atom is -0.383 e. The first-order chi connectivity index (χ1) is 12.7. The molecule has 6 heteroatoms. The number of hydrogen-bond donors (Lipinski definition) is 2. The Hall–Kier alpha value is -3.41. The Morgan fingerprint density at radius 2 is 1.85 bits per heavy atom. The monoisotopic (exact) mass is 348 g/mol. The molecule has 0 unspecified atom stereocenters. The Morgan fingerprint density at radius 1 is 1.00 bits per heavy atom. The van der Waals surface area contributed by atoms with Crippen LogP contribution in [0.2, 0.25) is 0 Å². The molecule has 2 heterocycles. The fourth-order valence-electron chi connectivity index (χ4n) is 2.92. The number of nitrogens with one attached hydrogen (secondary N) is 2. The summed E-state index contributed by atoms with van der Waals surface area (Å²) in [6.45, 7) is 1.03.